The van der Waals surface area contributed by atoms with Gasteiger partial charge in [-0.15, -0.1) is 0 Å². The van der Waals surface area contributed by atoms with E-state index in [1.54, 1.807) is 6.92 Å². The van der Waals surface area contributed by atoms with Crippen molar-refractivity contribution in [2.24, 2.45) is 0 Å². The van der Waals surface area contributed by atoms with Crippen molar-refractivity contribution in [3.63, 3.8) is 0 Å². The van der Waals surface area contributed by atoms with E-state index in [0.717, 1.165) is 19.3 Å². The van der Waals surface area contributed by atoms with Gasteiger partial charge in [-0.2, -0.15) is 0 Å². The number of ether oxygens (including phenoxy) is 2. The molecule has 1 unspecified atom stereocenters. The highest BCUT2D eigenvalue weighted by atomic mass is 16.5. The molecule has 0 aromatic heterocycles. The van der Waals surface area contributed by atoms with Gasteiger partial charge in [0.25, 0.3) is 0 Å². The van der Waals surface area contributed by atoms with E-state index in [1.807, 2.05) is 13.8 Å². The van der Waals surface area contributed by atoms with E-state index >= 15 is 0 Å². The first-order valence-electron chi connectivity index (χ1n) is 7.00. The third-order valence-corrected chi connectivity index (χ3v) is 2.31. The number of esters is 1. The van der Waals surface area contributed by atoms with E-state index < -0.39 is 5.97 Å². The zero-order chi connectivity index (χ0) is 15.1. The van der Waals surface area contributed by atoms with E-state index in [1.165, 1.54) is 0 Å². The number of aliphatic carboxylic acids is 1. The van der Waals surface area contributed by atoms with E-state index in [2.05, 4.69) is 6.92 Å². The minimum Gasteiger partial charge on any atom is -0.481 e. The third-order valence-electron chi connectivity index (χ3n) is 2.31. The van der Waals surface area contributed by atoms with Crippen molar-refractivity contribution in [3.05, 3.63) is 0 Å². The van der Waals surface area contributed by atoms with Crippen LogP contribution in [0.2, 0.25) is 0 Å². The number of hydrogen-bond donors (Lipinski definition) is 1. The summed E-state index contributed by atoms with van der Waals surface area (Å²) < 4.78 is 9.91. The summed E-state index contributed by atoms with van der Waals surface area (Å²) in [5.74, 6) is -0.885. The van der Waals surface area contributed by atoms with Crippen molar-refractivity contribution in [2.75, 3.05) is 13.2 Å². The van der Waals surface area contributed by atoms with Crippen LogP contribution < -0.4 is 0 Å². The lowest BCUT2D eigenvalue weighted by atomic mass is 10.2. The molecule has 0 rings (SSSR count). The van der Waals surface area contributed by atoms with E-state index in [0.29, 0.717) is 19.6 Å². The first-order valence-corrected chi connectivity index (χ1v) is 7.00. The second-order valence-electron chi connectivity index (χ2n) is 4.01. The van der Waals surface area contributed by atoms with E-state index in [4.69, 9.17) is 14.6 Å². The molecular formula is C14H28O5. The summed E-state index contributed by atoms with van der Waals surface area (Å²) in [5, 5.41) is 8.36. The highest BCUT2D eigenvalue weighted by Gasteiger charge is 2.09. The average molecular weight is 276 g/mol. The van der Waals surface area contributed by atoms with Gasteiger partial charge in [0.15, 0.2) is 0 Å². The van der Waals surface area contributed by atoms with Crippen molar-refractivity contribution in [1.29, 1.82) is 0 Å². The minimum absolute atomic E-state index is 0.0940. The lowest BCUT2D eigenvalue weighted by molar-refractivity contribution is -0.143. The molecule has 0 spiro atoms. The van der Waals surface area contributed by atoms with Gasteiger partial charge in [-0.25, -0.2) is 0 Å². The third kappa shape index (κ3) is 16.9. The number of carboxylic acid groups (broad SMARTS) is 1. The number of carboxylic acids is 1. The molecule has 0 heterocycles. The molecule has 0 bridgehead atoms. The average Bonchev–Trinajstić information content (AvgIpc) is 2.38. The van der Waals surface area contributed by atoms with Crippen LogP contribution in [0.5, 0.6) is 0 Å². The van der Waals surface area contributed by atoms with Gasteiger partial charge in [0.05, 0.1) is 19.1 Å². The van der Waals surface area contributed by atoms with Gasteiger partial charge in [0.2, 0.25) is 0 Å². The molecule has 5 heteroatoms. The molecule has 19 heavy (non-hydrogen) atoms. The second kappa shape index (κ2) is 15.0. The van der Waals surface area contributed by atoms with Crippen LogP contribution >= 0.6 is 0 Å². The smallest absolute Gasteiger partial charge is 0.305 e. The Morgan fingerprint density at radius 2 is 1.79 bits per heavy atom. The predicted molar refractivity (Wildman–Crippen MR) is 74.1 cm³/mol. The molecule has 0 aliphatic carbocycles. The van der Waals surface area contributed by atoms with Gasteiger partial charge in [0.1, 0.15) is 0 Å². The molecule has 1 N–H and O–H groups in total. The highest BCUT2D eigenvalue weighted by molar-refractivity contribution is 5.68. The monoisotopic (exact) mass is 276 g/mol. The largest absolute Gasteiger partial charge is 0.481 e. The molecule has 0 fully saturated rings. The van der Waals surface area contributed by atoms with Crippen molar-refractivity contribution >= 4 is 11.9 Å². The molecule has 0 saturated heterocycles. The summed E-state index contributed by atoms with van der Waals surface area (Å²) in [5.41, 5.74) is 0. The number of carbonyl (C=O) groups is 2. The Kier molecular flexibility index (Phi) is 15.9. The van der Waals surface area contributed by atoms with E-state index in [9.17, 15) is 9.59 Å². The first kappa shape index (κ1) is 20.2. The Labute approximate surface area is 116 Å². The number of hydrogen-bond acceptors (Lipinski definition) is 4. The number of carbonyl (C=O) groups excluding carboxylic acids is 1. The van der Waals surface area contributed by atoms with Gasteiger partial charge >= 0.3 is 11.9 Å². The Bertz CT molecular complexity index is 228. The van der Waals surface area contributed by atoms with Crippen LogP contribution in [-0.4, -0.2) is 36.4 Å². The molecule has 0 aromatic carbocycles. The molecule has 0 amide bonds. The summed E-state index contributed by atoms with van der Waals surface area (Å²) in [6.45, 7) is 8.83. The maximum absolute atomic E-state index is 10.5. The maximum Gasteiger partial charge on any atom is 0.305 e. The molecule has 0 aliphatic rings. The van der Waals surface area contributed by atoms with Gasteiger partial charge in [-0.1, -0.05) is 27.2 Å². The van der Waals surface area contributed by atoms with Crippen molar-refractivity contribution in [1.82, 2.24) is 0 Å². The number of rotatable bonds is 9. The molecule has 0 aromatic rings. The van der Waals surface area contributed by atoms with Crippen molar-refractivity contribution in [2.45, 2.75) is 65.9 Å². The second-order valence-corrected chi connectivity index (χ2v) is 4.01. The molecule has 5 nitrogen and oxygen atoms in total. The van der Waals surface area contributed by atoms with Crippen LogP contribution in [0.4, 0.5) is 0 Å². The van der Waals surface area contributed by atoms with Gasteiger partial charge < -0.3 is 14.6 Å². The lowest BCUT2D eigenvalue weighted by Crippen LogP contribution is -2.16. The van der Waals surface area contributed by atoms with E-state index in [-0.39, 0.29) is 18.5 Å². The molecule has 0 radical (unpaired) electrons. The van der Waals surface area contributed by atoms with Crippen LogP contribution in [0.3, 0.4) is 0 Å². The number of unbranched alkanes of at least 4 members (excludes halogenated alkanes) is 1. The Balaban J connectivity index is 0. The quantitative estimate of drug-likeness (QED) is 0.517. The normalized spacial score (nSPS) is 11.2. The molecule has 114 valence electrons. The zero-order valence-electron chi connectivity index (χ0n) is 12.6. The van der Waals surface area contributed by atoms with Crippen LogP contribution in [-0.2, 0) is 19.1 Å². The molecular weight excluding hydrogens is 248 g/mol. The summed E-state index contributed by atoms with van der Waals surface area (Å²) in [6.07, 6.45) is 3.32. The topological polar surface area (TPSA) is 72.8 Å². The standard InChI is InChI=1S/C7H14O3.C7H14O2/c1-3-6(10-4-2)5-7(8)9;1-3-5-6-9-7(8)4-2/h6H,3-5H2,1-2H3,(H,8,9);3-6H2,1-2H3. The Hall–Kier alpha value is -1.10. The molecule has 1 atom stereocenters. The van der Waals surface area contributed by atoms with Crippen LogP contribution in [0.25, 0.3) is 0 Å². The Morgan fingerprint density at radius 3 is 2.16 bits per heavy atom. The fourth-order valence-corrected chi connectivity index (χ4v) is 1.18. The zero-order valence-corrected chi connectivity index (χ0v) is 12.6. The lowest BCUT2D eigenvalue weighted by Gasteiger charge is -2.10. The van der Waals surface area contributed by atoms with Crippen molar-refractivity contribution in [3.8, 4) is 0 Å². The summed E-state index contributed by atoms with van der Waals surface area (Å²) >= 11 is 0. The first-order chi connectivity index (χ1) is 9.01. The van der Waals surface area contributed by atoms with Gasteiger partial charge in [-0.3, -0.25) is 9.59 Å². The van der Waals surface area contributed by atoms with Crippen LogP contribution in [0.15, 0.2) is 0 Å². The SMILES string of the molecule is CCCCOC(=O)CC.CCOC(CC)CC(=O)O. The molecule has 0 saturated carbocycles. The maximum atomic E-state index is 10.5. The minimum atomic E-state index is -0.791. The predicted octanol–water partition coefficient (Wildman–Crippen LogP) is 3.02. The van der Waals surface area contributed by atoms with Crippen LogP contribution in [0.1, 0.15) is 59.8 Å². The van der Waals surface area contributed by atoms with Crippen LogP contribution in [0, 0.1) is 0 Å². The highest BCUT2D eigenvalue weighted by Crippen LogP contribution is 2.02. The summed E-state index contributed by atoms with van der Waals surface area (Å²) in [7, 11) is 0. The Morgan fingerprint density at radius 1 is 1.16 bits per heavy atom. The summed E-state index contributed by atoms with van der Waals surface area (Å²) in [4.78, 5) is 20.6. The van der Waals surface area contributed by atoms with Crippen molar-refractivity contribution < 1.29 is 24.2 Å². The fourth-order valence-electron chi connectivity index (χ4n) is 1.18. The van der Waals surface area contributed by atoms with Gasteiger partial charge in [-0.05, 0) is 19.8 Å². The molecule has 0 aliphatic heterocycles. The summed E-state index contributed by atoms with van der Waals surface area (Å²) in [6, 6.07) is 0. The fraction of sp³-hybridized carbons (Fsp3) is 0.857. The van der Waals surface area contributed by atoms with Gasteiger partial charge in [0, 0.05) is 13.0 Å².